The second-order valence-corrected chi connectivity index (χ2v) is 6.11. The quantitative estimate of drug-likeness (QED) is 0.843. The highest BCUT2D eigenvalue weighted by Gasteiger charge is 2.50. The van der Waals surface area contributed by atoms with Gasteiger partial charge < -0.3 is 5.32 Å². The van der Waals surface area contributed by atoms with Crippen molar-refractivity contribution < 1.29 is 4.79 Å². The minimum absolute atomic E-state index is 0.132. The van der Waals surface area contributed by atoms with Crippen LogP contribution in [0.2, 0.25) is 0 Å². The fourth-order valence-electron chi connectivity index (χ4n) is 2.37. The van der Waals surface area contributed by atoms with Crippen molar-refractivity contribution in [3.05, 3.63) is 34.3 Å². The third-order valence-corrected chi connectivity index (χ3v) is 4.30. The molecule has 86 valence electrons. The van der Waals surface area contributed by atoms with Gasteiger partial charge in [-0.2, -0.15) is 0 Å². The summed E-state index contributed by atoms with van der Waals surface area (Å²) in [4.78, 5) is 11.6. The first-order chi connectivity index (χ1) is 7.35. The average molecular weight is 282 g/mol. The number of hydrogen-bond acceptors (Lipinski definition) is 1. The number of halogens is 1. The van der Waals surface area contributed by atoms with Crippen LogP contribution in [0.25, 0.3) is 0 Å². The molecule has 0 bridgehead atoms. The van der Waals surface area contributed by atoms with E-state index in [0.717, 1.165) is 4.47 Å². The van der Waals surface area contributed by atoms with Crippen LogP contribution >= 0.6 is 15.9 Å². The first kappa shape index (κ1) is 11.6. The molecule has 0 radical (unpaired) electrons. The average Bonchev–Trinajstić information content (AvgIpc) is 2.36. The van der Waals surface area contributed by atoms with Crippen LogP contribution in [-0.2, 0) is 10.2 Å². The van der Waals surface area contributed by atoms with Gasteiger partial charge in [0.25, 0.3) is 0 Å². The molecule has 1 fully saturated rings. The number of carbonyl (C=O) groups is 1. The van der Waals surface area contributed by atoms with E-state index in [1.165, 1.54) is 5.56 Å². The molecule has 1 unspecified atom stereocenters. The van der Waals surface area contributed by atoms with Crippen LogP contribution in [-0.4, -0.2) is 11.4 Å². The number of carbonyl (C=O) groups excluding carboxylic acids is 1. The van der Waals surface area contributed by atoms with Gasteiger partial charge in [-0.3, -0.25) is 4.79 Å². The Bertz CT molecular complexity index is 441. The molecule has 1 aliphatic heterocycles. The van der Waals surface area contributed by atoms with Crippen LogP contribution in [0, 0.1) is 0 Å². The summed E-state index contributed by atoms with van der Waals surface area (Å²) in [6.07, 6.45) is 0.552. The lowest BCUT2D eigenvalue weighted by Gasteiger charge is -2.37. The molecular weight excluding hydrogens is 266 g/mol. The van der Waals surface area contributed by atoms with E-state index in [1.54, 1.807) is 0 Å². The Kier molecular flexibility index (Phi) is 2.61. The van der Waals surface area contributed by atoms with Gasteiger partial charge in [0.15, 0.2) is 0 Å². The Hall–Kier alpha value is -0.830. The zero-order valence-corrected chi connectivity index (χ0v) is 11.4. The summed E-state index contributed by atoms with van der Waals surface area (Å²) in [5, 5.41) is 3.05. The van der Waals surface area contributed by atoms with Gasteiger partial charge in [-0.25, -0.2) is 0 Å². The molecule has 2 nitrogen and oxygen atoms in total. The van der Waals surface area contributed by atoms with E-state index in [1.807, 2.05) is 12.1 Å². The fourth-order valence-corrected chi connectivity index (χ4v) is 2.77. The summed E-state index contributed by atoms with van der Waals surface area (Å²) in [6, 6.07) is 8.21. The topological polar surface area (TPSA) is 29.1 Å². The van der Waals surface area contributed by atoms with Crippen molar-refractivity contribution in [2.24, 2.45) is 0 Å². The summed E-state index contributed by atoms with van der Waals surface area (Å²) >= 11 is 3.48. The third-order valence-electron chi connectivity index (χ3n) is 3.81. The van der Waals surface area contributed by atoms with Crippen molar-refractivity contribution in [3.8, 4) is 0 Å². The Morgan fingerprint density at radius 1 is 1.31 bits per heavy atom. The molecular formula is C13H16BrNO. The number of amides is 1. The molecule has 0 spiro atoms. The van der Waals surface area contributed by atoms with E-state index in [2.05, 4.69) is 54.2 Å². The number of rotatable bonds is 1. The van der Waals surface area contributed by atoms with Crippen molar-refractivity contribution in [1.29, 1.82) is 0 Å². The summed E-state index contributed by atoms with van der Waals surface area (Å²) in [7, 11) is 0. The fraction of sp³-hybridized carbons (Fsp3) is 0.462. The van der Waals surface area contributed by atoms with E-state index < -0.39 is 0 Å². The molecule has 1 aliphatic rings. The maximum absolute atomic E-state index is 11.6. The van der Waals surface area contributed by atoms with Crippen molar-refractivity contribution in [2.75, 3.05) is 0 Å². The van der Waals surface area contributed by atoms with Gasteiger partial charge in [0.2, 0.25) is 5.91 Å². The van der Waals surface area contributed by atoms with Gasteiger partial charge in [-0.1, -0.05) is 35.0 Å². The number of hydrogen-bond donors (Lipinski definition) is 1. The minimum Gasteiger partial charge on any atom is -0.350 e. The monoisotopic (exact) mass is 281 g/mol. The van der Waals surface area contributed by atoms with Crippen molar-refractivity contribution in [3.63, 3.8) is 0 Å². The van der Waals surface area contributed by atoms with E-state index in [-0.39, 0.29) is 16.9 Å². The van der Waals surface area contributed by atoms with Gasteiger partial charge >= 0.3 is 0 Å². The van der Waals surface area contributed by atoms with Gasteiger partial charge in [0.05, 0.1) is 0 Å². The SMILES string of the molecule is CC1(C)NC(=O)CC1(C)c1cccc(Br)c1. The van der Waals surface area contributed by atoms with Crippen LogP contribution in [0.5, 0.6) is 0 Å². The van der Waals surface area contributed by atoms with E-state index in [4.69, 9.17) is 0 Å². The van der Waals surface area contributed by atoms with Gasteiger partial charge in [-0.15, -0.1) is 0 Å². The lowest BCUT2D eigenvalue weighted by atomic mass is 9.69. The predicted octanol–water partition coefficient (Wildman–Crippen LogP) is 3.01. The minimum atomic E-state index is -0.203. The van der Waals surface area contributed by atoms with Gasteiger partial charge in [-0.05, 0) is 31.5 Å². The molecule has 3 heteroatoms. The number of nitrogens with one attached hydrogen (secondary N) is 1. The maximum atomic E-state index is 11.6. The Morgan fingerprint density at radius 2 is 2.00 bits per heavy atom. The molecule has 0 saturated carbocycles. The first-order valence-electron chi connectivity index (χ1n) is 5.42. The van der Waals surface area contributed by atoms with Crippen molar-refractivity contribution >= 4 is 21.8 Å². The molecule has 1 aromatic carbocycles. The van der Waals surface area contributed by atoms with E-state index in [9.17, 15) is 4.79 Å². The van der Waals surface area contributed by atoms with Crippen LogP contribution in [0.15, 0.2) is 28.7 Å². The smallest absolute Gasteiger partial charge is 0.221 e. The third kappa shape index (κ3) is 1.67. The van der Waals surface area contributed by atoms with Crippen LogP contribution < -0.4 is 5.32 Å². The summed E-state index contributed by atoms with van der Waals surface area (Å²) in [5.74, 6) is 0.132. The molecule has 1 saturated heterocycles. The molecule has 0 aromatic heterocycles. The molecule has 1 heterocycles. The zero-order chi connectivity index (χ0) is 12.0. The Morgan fingerprint density at radius 3 is 2.50 bits per heavy atom. The largest absolute Gasteiger partial charge is 0.350 e. The molecule has 1 amide bonds. The highest BCUT2D eigenvalue weighted by molar-refractivity contribution is 9.10. The highest BCUT2D eigenvalue weighted by Crippen LogP contribution is 2.42. The highest BCUT2D eigenvalue weighted by atomic mass is 79.9. The van der Waals surface area contributed by atoms with E-state index in [0.29, 0.717) is 6.42 Å². The Labute approximate surface area is 105 Å². The lowest BCUT2D eigenvalue weighted by Crippen LogP contribution is -2.48. The standard InChI is InChI=1S/C13H16BrNO/c1-12(2)13(3,8-11(16)15-12)9-5-4-6-10(14)7-9/h4-7H,8H2,1-3H3,(H,15,16). The van der Waals surface area contributed by atoms with Gasteiger partial charge in [0.1, 0.15) is 0 Å². The van der Waals surface area contributed by atoms with E-state index >= 15 is 0 Å². The molecule has 1 atom stereocenters. The molecule has 0 aliphatic carbocycles. The van der Waals surface area contributed by atoms with Crippen molar-refractivity contribution in [1.82, 2.24) is 5.32 Å². The summed E-state index contributed by atoms with van der Waals surface area (Å²) in [5.41, 5.74) is 0.851. The lowest BCUT2D eigenvalue weighted by molar-refractivity contribution is -0.119. The second kappa shape index (κ2) is 3.59. The van der Waals surface area contributed by atoms with Crippen LogP contribution in [0.4, 0.5) is 0 Å². The molecule has 16 heavy (non-hydrogen) atoms. The summed E-state index contributed by atoms with van der Waals surface area (Å²) < 4.78 is 1.06. The molecule has 2 rings (SSSR count). The number of benzene rings is 1. The maximum Gasteiger partial charge on any atom is 0.221 e. The van der Waals surface area contributed by atoms with Gasteiger partial charge in [0, 0.05) is 21.8 Å². The Balaban J connectivity index is 2.50. The van der Waals surface area contributed by atoms with Crippen LogP contribution in [0.1, 0.15) is 32.8 Å². The molecule has 1 N–H and O–H groups in total. The molecule has 1 aromatic rings. The van der Waals surface area contributed by atoms with Crippen molar-refractivity contribution in [2.45, 2.75) is 38.1 Å². The zero-order valence-electron chi connectivity index (χ0n) is 9.80. The normalized spacial score (nSPS) is 27.9. The van der Waals surface area contributed by atoms with Crippen LogP contribution in [0.3, 0.4) is 0 Å². The first-order valence-corrected chi connectivity index (χ1v) is 6.21. The second-order valence-electron chi connectivity index (χ2n) is 5.19. The summed E-state index contributed by atoms with van der Waals surface area (Å²) in [6.45, 7) is 6.31. The predicted molar refractivity (Wildman–Crippen MR) is 68.3 cm³/mol.